The fourth-order valence-electron chi connectivity index (χ4n) is 4.60. The molecule has 1 aromatic carbocycles. The molecule has 1 unspecified atom stereocenters. The average molecular weight is 478 g/mol. The van der Waals surface area contributed by atoms with Crippen LogP contribution in [0.3, 0.4) is 0 Å². The predicted molar refractivity (Wildman–Crippen MR) is 129 cm³/mol. The molecule has 0 radical (unpaired) electrons. The molecule has 2 heterocycles. The molecule has 8 nitrogen and oxygen atoms in total. The van der Waals surface area contributed by atoms with Crippen LogP contribution in [0, 0.1) is 5.92 Å². The number of fused-ring (bicyclic) bond motifs is 1. The SMILES string of the molecule is O=C(O)CN1C(=O)C(N[C@H](CCCCCCC2CCNCC2)C(=O)O)CSc2ccccc21. The highest BCUT2D eigenvalue weighted by Gasteiger charge is 2.34. The lowest BCUT2D eigenvalue weighted by Crippen LogP contribution is -2.53. The zero-order valence-corrected chi connectivity index (χ0v) is 19.8. The van der Waals surface area contributed by atoms with Gasteiger partial charge in [0.15, 0.2) is 0 Å². The van der Waals surface area contributed by atoms with Gasteiger partial charge < -0.3 is 15.5 Å². The van der Waals surface area contributed by atoms with E-state index in [1.54, 1.807) is 12.1 Å². The van der Waals surface area contributed by atoms with E-state index in [-0.39, 0.29) is 0 Å². The molecular weight excluding hydrogens is 442 g/mol. The number of nitrogens with one attached hydrogen (secondary N) is 2. The second-order valence-corrected chi connectivity index (χ2v) is 9.95. The molecule has 0 saturated carbocycles. The molecule has 33 heavy (non-hydrogen) atoms. The number of unbranched alkanes of at least 4 members (excludes halogenated alkanes) is 3. The fraction of sp³-hybridized carbons (Fsp3) is 0.625. The number of hydrogen-bond acceptors (Lipinski definition) is 6. The van der Waals surface area contributed by atoms with Gasteiger partial charge in [-0.15, -0.1) is 11.8 Å². The van der Waals surface area contributed by atoms with Crippen molar-refractivity contribution in [2.75, 3.05) is 30.3 Å². The predicted octanol–water partition coefficient (Wildman–Crippen LogP) is 2.96. The number of para-hydroxylation sites is 1. The minimum Gasteiger partial charge on any atom is -0.480 e. The quantitative estimate of drug-likeness (QED) is 0.339. The van der Waals surface area contributed by atoms with E-state index in [2.05, 4.69) is 10.6 Å². The summed E-state index contributed by atoms with van der Waals surface area (Å²) >= 11 is 1.44. The van der Waals surface area contributed by atoms with Gasteiger partial charge in [0.25, 0.3) is 0 Å². The van der Waals surface area contributed by atoms with Crippen LogP contribution in [0.25, 0.3) is 0 Å². The summed E-state index contributed by atoms with van der Waals surface area (Å²) in [6.07, 6.45) is 8.22. The van der Waals surface area contributed by atoms with Crippen LogP contribution in [-0.4, -0.2) is 65.5 Å². The molecule has 0 bridgehead atoms. The summed E-state index contributed by atoms with van der Waals surface area (Å²) in [5.41, 5.74) is 0.555. The number of carbonyl (C=O) groups is 3. The molecular formula is C24H35N3O5S. The van der Waals surface area contributed by atoms with Crippen LogP contribution in [0.1, 0.15) is 51.4 Å². The molecule has 3 rings (SSSR count). The number of amides is 1. The van der Waals surface area contributed by atoms with E-state index >= 15 is 0 Å². The standard InChI is InChI=1S/C24H35N3O5S/c28-22(29)15-27-20-9-5-6-10-21(20)33-16-19(23(27)30)26-18(24(31)32)8-4-2-1-3-7-17-11-13-25-14-12-17/h5-6,9-10,17-19,25-26H,1-4,7-8,11-16H2,(H,28,29)(H,31,32)/t18-,19?/m1/s1. The normalized spacial score (nSPS) is 20.2. The largest absolute Gasteiger partial charge is 0.480 e. The molecule has 182 valence electrons. The van der Waals surface area contributed by atoms with Crippen LogP contribution < -0.4 is 15.5 Å². The summed E-state index contributed by atoms with van der Waals surface area (Å²) in [5, 5.41) is 25.4. The minimum atomic E-state index is -1.11. The van der Waals surface area contributed by atoms with Gasteiger partial charge in [0.1, 0.15) is 12.6 Å². The lowest BCUT2D eigenvalue weighted by atomic mass is 9.92. The van der Waals surface area contributed by atoms with Gasteiger partial charge in [-0.3, -0.25) is 24.6 Å². The third kappa shape index (κ3) is 7.72. The number of thioether (sulfide) groups is 1. The number of hydrogen-bond donors (Lipinski definition) is 4. The van der Waals surface area contributed by atoms with Crippen molar-refractivity contribution in [2.45, 2.75) is 68.3 Å². The van der Waals surface area contributed by atoms with E-state index in [9.17, 15) is 24.6 Å². The Bertz CT molecular complexity index is 815. The Labute approximate surface area is 199 Å². The summed E-state index contributed by atoms with van der Waals surface area (Å²) in [4.78, 5) is 38.5. The molecule has 0 aromatic heterocycles. The Morgan fingerprint density at radius 1 is 1.12 bits per heavy atom. The highest BCUT2D eigenvalue weighted by Crippen LogP contribution is 2.34. The molecule has 0 aliphatic carbocycles. The topological polar surface area (TPSA) is 119 Å². The maximum Gasteiger partial charge on any atom is 0.323 e. The summed E-state index contributed by atoms with van der Waals surface area (Å²) in [6.45, 7) is 1.77. The van der Waals surface area contributed by atoms with Gasteiger partial charge in [-0.1, -0.05) is 44.2 Å². The Kier molecular flexibility index (Phi) is 10.0. The smallest absolute Gasteiger partial charge is 0.323 e. The number of piperidine rings is 1. The molecule has 2 aliphatic heterocycles. The second kappa shape index (κ2) is 13.0. The first-order valence-corrected chi connectivity index (χ1v) is 12.9. The van der Waals surface area contributed by atoms with Crippen LogP contribution in [-0.2, 0) is 14.4 Å². The van der Waals surface area contributed by atoms with Gasteiger partial charge in [0.05, 0.1) is 11.7 Å². The minimum absolute atomic E-state index is 0.353. The number of aliphatic carboxylic acids is 2. The monoisotopic (exact) mass is 477 g/mol. The maximum absolute atomic E-state index is 13.2. The van der Waals surface area contributed by atoms with E-state index in [1.807, 2.05) is 12.1 Å². The van der Waals surface area contributed by atoms with Gasteiger partial charge in [0, 0.05) is 10.6 Å². The molecule has 2 aliphatic rings. The fourth-order valence-corrected chi connectivity index (χ4v) is 5.68. The number of anilines is 1. The molecule has 1 aromatic rings. The third-order valence-electron chi connectivity index (χ3n) is 6.43. The highest BCUT2D eigenvalue weighted by atomic mass is 32.2. The number of benzene rings is 1. The number of carbonyl (C=O) groups excluding carboxylic acids is 1. The van der Waals surface area contributed by atoms with E-state index < -0.39 is 36.5 Å². The van der Waals surface area contributed by atoms with Crippen LogP contribution in [0.2, 0.25) is 0 Å². The van der Waals surface area contributed by atoms with Crippen molar-refractivity contribution in [3.05, 3.63) is 24.3 Å². The Morgan fingerprint density at radius 3 is 2.58 bits per heavy atom. The lowest BCUT2D eigenvalue weighted by molar-refractivity contribution is -0.140. The van der Waals surface area contributed by atoms with Crippen LogP contribution in [0.5, 0.6) is 0 Å². The number of carboxylic acid groups (broad SMARTS) is 2. The first-order chi connectivity index (χ1) is 16.0. The molecule has 0 spiro atoms. The van der Waals surface area contributed by atoms with E-state index in [1.165, 1.54) is 42.3 Å². The van der Waals surface area contributed by atoms with Gasteiger partial charge in [-0.2, -0.15) is 0 Å². The first-order valence-electron chi connectivity index (χ1n) is 11.9. The zero-order valence-electron chi connectivity index (χ0n) is 19.0. The van der Waals surface area contributed by atoms with Gasteiger partial charge in [-0.05, 0) is 50.4 Å². The molecule has 1 saturated heterocycles. The van der Waals surface area contributed by atoms with Crippen LogP contribution >= 0.6 is 11.8 Å². The van der Waals surface area contributed by atoms with Crippen LogP contribution in [0.4, 0.5) is 5.69 Å². The first kappa shape index (κ1) is 25.5. The summed E-state index contributed by atoms with van der Waals surface area (Å²) < 4.78 is 0. The van der Waals surface area contributed by atoms with Crippen molar-refractivity contribution in [3.63, 3.8) is 0 Å². The van der Waals surface area contributed by atoms with E-state index in [0.717, 1.165) is 43.2 Å². The van der Waals surface area contributed by atoms with Gasteiger partial charge >= 0.3 is 11.9 Å². The Balaban J connectivity index is 1.51. The Morgan fingerprint density at radius 2 is 1.85 bits per heavy atom. The molecule has 9 heteroatoms. The Hall–Kier alpha value is -2.10. The molecule has 4 N–H and O–H groups in total. The summed E-state index contributed by atoms with van der Waals surface area (Å²) in [6, 6.07) is 5.58. The van der Waals surface area contributed by atoms with E-state index in [4.69, 9.17) is 0 Å². The summed E-state index contributed by atoms with van der Waals surface area (Å²) in [7, 11) is 0. The molecule has 1 amide bonds. The lowest BCUT2D eigenvalue weighted by Gasteiger charge is -2.26. The van der Waals surface area contributed by atoms with Crippen molar-refractivity contribution in [1.29, 1.82) is 0 Å². The zero-order chi connectivity index (χ0) is 23.6. The number of nitrogens with zero attached hydrogens (tertiary/aromatic N) is 1. The average Bonchev–Trinajstić information content (AvgIpc) is 2.93. The molecule has 1 fully saturated rings. The van der Waals surface area contributed by atoms with Crippen molar-refractivity contribution < 1.29 is 24.6 Å². The van der Waals surface area contributed by atoms with Gasteiger partial charge in [-0.25, -0.2) is 0 Å². The van der Waals surface area contributed by atoms with Crippen molar-refractivity contribution in [2.24, 2.45) is 5.92 Å². The van der Waals surface area contributed by atoms with Crippen molar-refractivity contribution in [1.82, 2.24) is 10.6 Å². The van der Waals surface area contributed by atoms with Gasteiger partial charge in [0.2, 0.25) is 5.91 Å². The number of rotatable bonds is 12. The molecule has 2 atom stereocenters. The maximum atomic E-state index is 13.2. The number of carboxylic acids is 2. The highest BCUT2D eigenvalue weighted by molar-refractivity contribution is 7.99. The van der Waals surface area contributed by atoms with Crippen molar-refractivity contribution in [3.8, 4) is 0 Å². The van der Waals surface area contributed by atoms with Crippen molar-refractivity contribution >= 4 is 35.3 Å². The van der Waals surface area contributed by atoms with Crippen LogP contribution in [0.15, 0.2) is 29.2 Å². The second-order valence-electron chi connectivity index (χ2n) is 8.89. The van der Waals surface area contributed by atoms with E-state index in [0.29, 0.717) is 17.9 Å². The third-order valence-corrected chi connectivity index (χ3v) is 7.59. The summed E-state index contributed by atoms with van der Waals surface area (Å²) in [5.74, 6) is -1.32.